The van der Waals surface area contributed by atoms with E-state index in [-0.39, 0.29) is 6.04 Å². The molecule has 8 heteroatoms. The van der Waals surface area contributed by atoms with Crippen molar-refractivity contribution in [1.82, 2.24) is 15.5 Å². The molecule has 8 nitrogen and oxygen atoms in total. The third-order valence-corrected chi connectivity index (χ3v) is 3.18. The molecule has 0 spiro atoms. The first kappa shape index (κ1) is 15.2. The Morgan fingerprint density at radius 1 is 1.42 bits per heavy atom. The number of carboxylic acids is 1. The lowest BCUT2D eigenvalue weighted by molar-refractivity contribution is -0.141. The average Bonchev–Trinajstić information content (AvgIpc) is 2.37. The third-order valence-electron chi connectivity index (χ3n) is 3.18. The lowest BCUT2D eigenvalue weighted by Crippen LogP contribution is -2.52. The maximum absolute atomic E-state index is 11.9. The van der Waals surface area contributed by atoms with Crippen LogP contribution in [0.1, 0.15) is 19.3 Å². The highest BCUT2D eigenvalue weighted by atomic mass is 16.4. The van der Waals surface area contributed by atoms with Gasteiger partial charge in [-0.15, -0.1) is 0 Å². The first-order valence-corrected chi connectivity index (χ1v) is 6.17. The zero-order chi connectivity index (χ0) is 14.4. The van der Waals surface area contributed by atoms with Crippen molar-refractivity contribution in [2.24, 2.45) is 5.73 Å². The summed E-state index contributed by atoms with van der Waals surface area (Å²) in [5.41, 5.74) is 4.95. The van der Waals surface area contributed by atoms with Gasteiger partial charge in [-0.3, -0.25) is 4.79 Å². The van der Waals surface area contributed by atoms with Crippen molar-refractivity contribution in [3.05, 3.63) is 0 Å². The largest absolute Gasteiger partial charge is 0.480 e. The van der Waals surface area contributed by atoms with Gasteiger partial charge in [0.1, 0.15) is 6.04 Å². The van der Waals surface area contributed by atoms with Crippen molar-refractivity contribution in [2.75, 3.05) is 20.1 Å². The van der Waals surface area contributed by atoms with Gasteiger partial charge in [0.15, 0.2) is 0 Å². The van der Waals surface area contributed by atoms with Gasteiger partial charge in [0, 0.05) is 13.1 Å². The van der Waals surface area contributed by atoms with Gasteiger partial charge in [-0.2, -0.15) is 0 Å². The lowest BCUT2D eigenvalue weighted by atomic mass is 10.1. The monoisotopic (exact) mass is 272 g/mol. The minimum atomic E-state index is -1.28. The van der Waals surface area contributed by atoms with Crippen LogP contribution in [-0.2, 0) is 9.59 Å². The molecule has 1 saturated heterocycles. The molecule has 0 aromatic heterocycles. The van der Waals surface area contributed by atoms with Crippen LogP contribution in [0.15, 0.2) is 0 Å². The van der Waals surface area contributed by atoms with Crippen LogP contribution in [0.2, 0.25) is 0 Å². The highest BCUT2D eigenvalue weighted by molar-refractivity contribution is 5.87. The molecule has 19 heavy (non-hydrogen) atoms. The first-order valence-electron chi connectivity index (χ1n) is 6.17. The van der Waals surface area contributed by atoms with Crippen LogP contribution in [0.4, 0.5) is 4.79 Å². The van der Waals surface area contributed by atoms with Crippen molar-refractivity contribution >= 4 is 17.9 Å². The van der Waals surface area contributed by atoms with Crippen molar-refractivity contribution in [1.29, 1.82) is 0 Å². The Balaban J connectivity index is 2.55. The summed E-state index contributed by atoms with van der Waals surface area (Å²) < 4.78 is 0. The van der Waals surface area contributed by atoms with E-state index in [9.17, 15) is 14.4 Å². The van der Waals surface area contributed by atoms with Gasteiger partial charge in [-0.25, -0.2) is 9.59 Å². The summed E-state index contributed by atoms with van der Waals surface area (Å²) >= 11 is 0. The minimum Gasteiger partial charge on any atom is -0.480 e. The molecule has 0 aliphatic carbocycles. The molecule has 1 heterocycles. The Morgan fingerprint density at radius 2 is 2.00 bits per heavy atom. The van der Waals surface area contributed by atoms with Crippen molar-refractivity contribution in [3.8, 4) is 0 Å². The summed E-state index contributed by atoms with van der Waals surface area (Å²) in [5, 5.41) is 14.4. The molecular weight excluding hydrogens is 252 g/mol. The zero-order valence-corrected chi connectivity index (χ0v) is 10.9. The number of amides is 3. The number of nitrogens with zero attached hydrogens (tertiary/aromatic N) is 1. The number of urea groups is 1. The number of nitrogens with two attached hydrogens (primary N) is 1. The third kappa shape index (κ3) is 4.74. The van der Waals surface area contributed by atoms with Crippen LogP contribution < -0.4 is 16.4 Å². The molecule has 0 unspecified atom stereocenters. The van der Waals surface area contributed by atoms with Gasteiger partial charge in [-0.05, 0) is 25.9 Å². The fourth-order valence-electron chi connectivity index (χ4n) is 2.01. The van der Waals surface area contributed by atoms with E-state index in [0.29, 0.717) is 0 Å². The molecule has 1 aliphatic heterocycles. The number of primary amides is 1. The molecule has 0 aromatic rings. The molecular formula is C11H20N4O4. The summed E-state index contributed by atoms with van der Waals surface area (Å²) in [4.78, 5) is 35.1. The normalized spacial score (nSPS) is 17.5. The highest BCUT2D eigenvalue weighted by Gasteiger charge is 2.27. The predicted octanol–water partition coefficient (Wildman–Crippen LogP) is -1.29. The van der Waals surface area contributed by atoms with Gasteiger partial charge in [0.05, 0.1) is 6.42 Å². The molecule has 0 bridgehead atoms. The number of nitrogens with one attached hydrogen (secondary N) is 2. The average molecular weight is 272 g/mol. The van der Waals surface area contributed by atoms with Crippen LogP contribution in [0.25, 0.3) is 0 Å². The molecule has 3 amide bonds. The van der Waals surface area contributed by atoms with E-state index in [2.05, 4.69) is 10.6 Å². The molecule has 0 radical (unpaired) electrons. The zero-order valence-electron chi connectivity index (χ0n) is 10.9. The predicted molar refractivity (Wildman–Crippen MR) is 67.4 cm³/mol. The maximum atomic E-state index is 11.9. The summed E-state index contributed by atoms with van der Waals surface area (Å²) in [5.74, 6) is -2.04. The Morgan fingerprint density at radius 3 is 2.47 bits per heavy atom. The molecule has 1 aliphatic rings. The molecule has 0 saturated carbocycles. The maximum Gasteiger partial charge on any atom is 0.326 e. The summed E-state index contributed by atoms with van der Waals surface area (Å²) in [6.07, 6.45) is 1.22. The second kappa shape index (κ2) is 6.93. The number of hydrogen-bond acceptors (Lipinski definition) is 4. The molecule has 1 atom stereocenters. The Hall–Kier alpha value is -1.83. The SMILES string of the molecule is CN(C(=O)N[C@@H](CC(N)=O)C(=O)O)C1CCNCC1. The number of carbonyl (C=O) groups excluding carboxylic acids is 2. The van der Waals surface area contributed by atoms with Crippen LogP contribution in [0.3, 0.4) is 0 Å². The smallest absolute Gasteiger partial charge is 0.326 e. The van der Waals surface area contributed by atoms with E-state index in [0.717, 1.165) is 25.9 Å². The molecule has 1 rings (SSSR count). The topological polar surface area (TPSA) is 125 Å². The number of piperidine rings is 1. The number of rotatable bonds is 5. The second-order valence-corrected chi connectivity index (χ2v) is 4.60. The Labute approximate surface area is 111 Å². The van der Waals surface area contributed by atoms with E-state index >= 15 is 0 Å². The minimum absolute atomic E-state index is 0.0734. The van der Waals surface area contributed by atoms with E-state index in [4.69, 9.17) is 10.8 Å². The van der Waals surface area contributed by atoms with Gasteiger partial charge < -0.3 is 26.4 Å². The number of hydrogen-bond donors (Lipinski definition) is 4. The van der Waals surface area contributed by atoms with E-state index < -0.39 is 30.4 Å². The molecule has 0 aromatic carbocycles. The van der Waals surface area contributed by atoms with Crippen LogP contribution >= 0.6 is 0 Å². The van der Waals surface area contributed by atoms with Crippen LogP contribution in [0, 0.1) is 0 Å². The Kier molecular flexibility index (Phi) is 5.56. The second-order valence-electron chi connectivity index (χ2n) is 4.60. The van der Waals surface area contributed by atoms with E-state index in [1.807, 2.05) is 0 Å². The summed E-state index contributed by atoms with van der Waals surface area (Å²) in [7, 11) is 1.62. The Bertz CT molecular complexity index is 355. The molecule has 1 fully saturated rings. The summed E-state index contributed by atoms with van der Waals surface area (Å²) in [6.45, 7) is 1.65. The number of carboxylic acid groups (broad SMARTS) is 1. The van der Waals surface area contributed by atoms with Gasteiger partial charge in [-0.1, -0.05) is 0 Å². The lowest BCUT2D eigenvalue weighted by Gasteiger charge is -2.32. The molecule has 5 N–H and O–H groups in total. The quantitative estimate of drug-likeness (QED) is 0.495. The number of carbonyl (C=O) groups is 3. The van der Waals surface area contributed by atoms with Gasteiger partial charge in [0.2, 0.25) is 5.91 Å². The van der Waals surface area contributed by atoms with Crippen molar-refractivity contribution in [3.63, 3.8) is 0 Å². The fourth-order valence-corrected chi connectivity index (χ4v) is 2.01. The van der Waals surface area contributed by atoms with Crippen molar-refractivity contribution < 1.29 is 19.5 Å². The standard InChI is InChI=1S/C11H20N4O4/c1-15(7-2-4-13-5-3-7)11(19)14-8(10(17)18)6-9(12)16/h7-8,13H,2-6H2,1H3,(H2,12,16)(H,14,19)(H,17,18)/t8-/m0/s1. The first-order chi connectivity index (χ1) is 8.91. The number of aliphatic carboxylic acids is 1. The van der Waals surface area contributed by atoms with Gasteiger partial charge in [0.25, 0.3) is 0 Å². The van der Waals surface area contributed by atoms with Crippen LogP contribution in [-0.4, -0.2) is 60.1 Å². The van der Waals surface area contributed by atoms with Crippen LogP contribution in [0.5, 0.6) is 0 Å². The highest BCUT2D eigenvalue weighted by Crippen LogP contribution is 2.10. The van der Waals surface area contributed by atoms with E-state index in [1.54, 1.807) is 7.05 Å². The van der Waals surface area contributed by atoms with Gasteiger partial charge >= 0.3 is 12.0 Å². The van der Waals surface area contributed by atoms with Crippen molar-refractivity contribution in [2.45, 2.75) is 31.3 Å². The van der Waals surface area contributed by atoms with E-state index in [1.165, 1.54) is 4.90 Å². The fraction of sp³-hybridized carbons (Fsp3) is 0.727. The summed E-state index contributed by atoms with van der Waals surface area (Å²) in [6, 6.07) is -1.71. The molecule has 108 valence electrons.